The Morgan fingerprint density at radius 2 is 1.71 bits per heavy atom. The number of rotatable bonds is 6. The number of para-hydroxylation sites is 1. The highest BCUT2D eigenvalue weighted by Gasteiger charge is 2.76. The molecule has 1 spiro atoms. The Balaban J connectivity index is 1.36. The molecule has 3 amide bonds. The lowest BCUT2D eigenvalue weighted by Crippen LogP contribution is -2.56. The van der Waals surface area contributed by atoms with Gasteiger partial charge in [0, 0.05) is 23.3 Å². The second-order valence-corrected chi connectivity index (χ2v) is 11.6. The number of nitrogens with zero attached hydrogens (tertiary/aromatic N) is 1. The van der Waals surface area contributed by atoms with E-state index in [0.717, 1.165) is 31.2 Å². The van der Waals surface area contributed by atoms with Gasteiger partial charge < -0.3 is 20.3 Å². The molecule has 7 nitrogen and oxygen atoms in total. The molecule has 2 bridgehead atoms. The van der Waals surface area contributed by atoms with E-state index in [2.05, 4.69) is 10.6 Å². The standard InChI is InChI=1S/C30H32ClN3O4/c1-29-16-17-30(38-29)24(23(29)26(35)32-21-8-4-2-5-9-21)28(37)34(18-19-12-14-20(31)15-13-19)25(30)27(36)33-22-10-6-3-7-11-22/h2,4-5,8-9,12-17,22-25H,3,6-7,10-11,18H2,1H3,(H,32,35)(H,33,36)/t23-,24+,25+,29+,30-/m1/s1. The van der Waals surface area contributed by atoms with Crippen molar-refractivity contribution >= 4 is 35.0 Å². The fourth-order valence-corrected chi connectivity index (χ4v) is 6.98. The van der Waals surface area contributed by atoms with Crippen LogP contribution in [0.15, 0.2) is 66.7 Å². The van der Waals surface area contributed by atoms with Crippen molar-refractivity contribution in [1.82, 2.24) is 10.2 Å². The van der Waals surface area contributed by atoms with Gasteiger partial charge in [0.2, 0.25) is 17.7 Å². The first-order valence-electron chi connectivity index (χ1n) is 13.4. The number of ether oxygens (including phenoxy) is 1. The highest BCUT2D eigenvalue weighted by Crippen LogP contribution is 2.60. The van der Waals surface area contributed by atoms with E-state index in [-0.39, 0.29) is 30.3 Å². The summed E-state index contributed by atoms with van der Waals surface area (Å²) >= 11 is 6.09. The molecule has 198 valence electrons. The number of hydrogen-bond donors (Lipinski definition) is 2. The summed E-state index contributed by atoms with van der Waals surface area (Å²) in [6, 6.07) is 15.6. The predicted octanol–water partition coefficient (Wildman–Crippen LogP) is 4.47. The van der Waals surface area contributed by atoms with Crippen LogP contribution in [0, 0.1) is 11.8 Å². The number of benzene rings is 2. The number of carbonyl (C=O) groups is 3. The summed E-state index contributed by atoms with van der Waals surface area (Å²) in [6.45, 7) is 2.05. The molecular weight excluding hydrogens is 502 g/mol. The highest BCUT2D eigenvalue weighted by molar-refractivity contribution is 6.30. The number of anilines is 1. The number of likely N-dealkylation sites (tertiary alicyclic amines) is 1. The second kappa shape index (κ2) is 9.54. The van der Waals surface area contributed by atoms with Crippen LogP contribution in [0.25, 0.3) is 0 Å². The maximum atomic E-state index is 14.2. The Bertz CT molecular complexity index is 1280. The van der Waals surface area contributed by atoms with E-state index in [0.29, 0.717) is 10.7 Å². The number of hydrogen-bond acceptors (Lipinski definition) is 4. The Labute approximate surface area is 227 Å². The number of amides is 3. The molecule has 38 heavy (non-hydrogen) atoms. The third kappa shape index (κ3) is 4.12. The molecule has 1 aliphatic carbocycles. The van der Waals surface area contributed by atoms with Crippen molar-refractivity contribution in [3.8, 4) is 0 Å². The van der Waals surface area contributed by atoms with Gasteiger partial charge in [-0.25, -0.2) is 0 Å². The summed E-state index contributed by atoms with van der Waals surface area (Å²) in [6.07, 6.45) is 8.89. The van der Waals surface area contributed by atoms with Crippen LogP contribution in [0.4, 0.5) is 5.69 Å². The third-order valence-electron chi connectivity index (χ3n) is 8.59. The van der Waals surface area contributed by atoms with Crippen molar-refractivity contribution in [2.75, 3.05) is 5.32 Å². The SMILES string of the molecule is C[C@@]12C=C[C@@]3(O1)[C@H](C(=O)N(Cc1ccc(Cl)cc1)[C@H]3C(=O)NC1CCCCC1)[C@@H]2C(=O)Nc1ccccc1. The molecule has 2 N–H and O–H groups in total. The van der Waals surface area contributed by atoms with Crippen molar-refractivity contribution in [1.29, 1.82) is 0 Å². The lowest BCUT2D eigenvalue weighted by molar-refractivity contribution is -0.145. The molecule has 5 atom stereocenters. The van der Waals surface area contributed by atoms with Crippen molar-refractivity contribution < 1.29 is 19.1 Å². The lowest BCUT2D eigenvalue weighted by Gasteiger charge is -2.34. The summed E-state index contributed by atoms with van der Waals surface area (Å²) in [4.78, 5) is 43.4. The van der Waals surface area contributed by atoms with Crippen molar-refractivity contribution in [3.05, 3.63) is 77.3 Å². The zero-order chi connectivity index (χ0) is 26.5. The molecule has 1 saturated carbocycles. The van der Waals surface area contributed by atoms with E-state index in [4.69, 9.17) is 16.3 Å². The maximum Gasteiger partial charge on any atom is 0.246 e. The van der Waals surface area contributed by atoms with Gasteiger partial charge in [0.05, 0.1) is 17.4 Å². The van der Waals surface area contributed by atoms with Gasteiger partial charge in [-0.15, -0.1) is 0 Å². The number of halogens is 1. The second-order valence-electron chi connectivity index (χ2n) is 11.1. The van der Waals surface area contributed by atoms with Gasteiger partial charge >= 0.3 is 0 Å². The summed E-state index contributed by atoms with van der Waals surface area (Å²) in [5.74, 6) is -2.34. The fourth-order valence-electron chi connectivity index (χ4n) is 6.85. The van der Waals surface area contributed by atoms with Crippen LogP contribution in [-0.4, -0.2) is 45.9 Å². The van der Waals surface area contributed by atoms with Crippen LogP contribution in [0.2, 0.25) is 5.02 Å². The third-order valence-corrected chi connectivity index (χ3v) is 8.84. The van der Waals surface area contributed by atoms with E-state index in [1.807, 2.05) is 61.5 Å². The molecule has 3 aliphatic heterocycles. The van der Waals surface area contributed by atoms with Crippen LogP contribution >= 0.6 is 11.6 Å². The maximum absolute atomic E-state index is 14.2. The van der Waals surface area contributed by atoms with Crippen LogP contribution in [0.3, 0.4) is 0 Å². The van der Waals surface area contributed by atoms with Gasteiger partial charge in [-0.05, 0) is 49.6 Å². The molecule has 2 saturated heterocycles. The minimum Gasteiger partial charge on any atom is -0.356 e. The summed E-state index contributed by atoms with van der Waals surface area (Å²) in [5.41, 5.74) is -0.702. The lowest BCUT2D eigenvalue weighted by atomic mass is 9.70. The Morgan fingerprint density at radius 3 is 2.42 bits per heavy atom. The van der Waals surface area contributed by atoms with Crippen LogP contribution in [0.1, 0.15) is 44.6 Å². The first-order chi connectivity index (χ1) is 18.3. The minimum absolute atomic E-state index is 0.0783. The van der Waals surface area contributed by atoms with E-state index < -0.39 is 29.1 Å². The monoisotopic (exact) mass is 533 g/mol. The average Bonchev–Trinajstić information content (AvgIpc) is 3.47. The number of carbonyl (C=O) groups excluding carboxylic acids is 3. The van der Waals surface area contributed by atoms with E-state index in [1.54, 1.807) is 17.0 Å². The van der Waals surface area contributed by atoms with Crippen molar-refractivity contribution in [2.45, 2.75) is 68.9 Å². The first kappa shape index (κ1) is 25.1. The largest absolute Gasteiger partial charge is 0.356 e. The molecule has 4 aliphatic rings. The van der Waals surface area contributed by atoms with Gasteiger partial charge in [-0.2, -0.15) is 0 Å². The smallest absolute Gasteiger partial charge is 0.246 e. The van der Waals surface area contributed by atoms with Gasteiger partial charge in [0.25, 0.3) is 0 Å². The Kier molecular flexibility index (Phi) is 6.31. The summed E-state index contributed by atoms with van der Waals surface area (Å²) in [5, 5.41) is 6.79. The zero-order valence-electron chi connectivity index (χ0n) is 21.4. The number of fused-ring (bicyclic) bond motifs is 1. The van der Waals surface area contributed by atoms with E-state index in [1.165, 1.54) is 6.42 Å². The minimum atomic E-state index is -1.21. The molecule has 8 heteroatoms. The van der Waals surface area contributed by atoms with E-state index in [9.17, 15) is 14.4 Å². The summed E-state index contributed by atoms with van der Waals surface area (Å²) in [7, 11) is 0. The molecule has 2 aromatic carbocycles. The van der Waals surface area contributed by atoms with Crippen molar-refractivity contribution in [2.24, 2.45) is 11.8 Å². The van der Waals surface area contributed by atoms with Crippen LogP contribution in [-0.2, 0) is 25.7 Å². The normalized spacial score (nSPS) is 31.9. The van der Waals surface area contributed by atoms with Gasteiger partial charge in [0.15, 0.2) is 0 Å². The molecule has 0 unspecified atom stereocenters. The van der Waals surface area contributed by atoms with Crippen LogP contribution in [0.5, 0.6) is 0 Å². The molecule has 3 heterocycles. The average molecular weight is 534 g/mol. The van der Waals surface area contributed by atoms with Gasteiger partial charge in [0.1, 0.15) is 11.6 Å². The van der Waals surface area contributed by atoms with E-state index >= 15 is 0 Å². The van der Waals surface area contributed by atoms with Crippen LogP contribution < -0.4 is 10.6 Å². The molecule has 6 rings (SSSR count). The van der Waals surface area contributed by atoms with Gasteiger partial charge in [-0.1, -0.05) is 73.3 Å². The van der Waals surface area contributed by atoms with Gasteiger partial charge in [-0.3, -0.25) is 14.4 Å². The Morgan fingerprint density at radius 1 is 1.00 bits per heavy atom. The zero-order valence-corrected chi connectivity index (χ0v) is 22.1. The van der Waals surface area contributed by atoms with Crippen molar-refractivity contribution in [3.63, 3.8) is 0 Å². The molecule has 0 radical (unpaired) electrons. The highest BCUT2D eigenvalue weighted by atomic mass is 35.5. The Hall–Kier alpha value is -3.16. The summed E-state index contributed by atoms with van der Waals surface area (Å²) < 4.78 is 6.61. The molecular formula is C30H32ClN3O4. The first-order valence-corrected chi connectivity index (χ1v) is 13.8. The fraction of sp³-hybridized carbons (Fsp3) is 0.433. The predicted molar refractivity (Wildman–Crippen MR) is 144 cm³/mol. The molecule has 2 aromatic rings. The topological polar surface area (TPSA) is 87.7 Å². The molecule has 3 fully saturated rings. The quantitative estimate of drug-likeness (QED) is 0.536. The molecule has 0 aromatic heterocycles. The number of nitrogens with one attached hydrogen (secondary N) is 2.